The number of hydrogen-bond acceptors (Lipinski definition) is 8. The van der Waals surface area contributed by atoms with Gasteiger partial charge in [-0.1, -0.05) is 22.7 Å². The van der Waals surface area contributed by atoms with Crippen LogP contribution in [-0.2, 0) is 0 Å². The molecule has 0 aliphatic carbocycles. The average molecular weight is 348 g/mol. The normalized spacial score (nSPS) is 10.7. The van der Waals surface area contributed by atoms with E-state index in [2.05, 4.69) is 9.97 Å². The largest absolute Gasteiger partial charge is 0.477 e. The summed E-state index contributed by atoms with van der Waals surface area (Å²) in [5.41, 5.74) is 0.958. The first-order valence-corrected chi connectivity index (χ1v) is 8.92. The molecule has 0 unspecified atom stereocenters. The molecule has 0 spiro atoms. The third-order valence-electron chi connectivity index (χ3n) is 2.13. The predicted octanol–water partition coefficient (Wildman–Crippen LogP) is 3.41. The number of aromatic carboxylic acids is 2. The van der Waals surface area contributed by atoms with Crippen molar-refractivity contribution in [1.82, 2.24) is 9.97 Å². The van der Waals surface area contributed by atoms with E-state index < -0.39 is 11.9 Å². The molecule has 2 rings (SSSR count). The van der Waals surface area contributed by atoms with Crippen molar-refractivity contribution in [2.75, 3.05) is 0 Å². The maximum atomic E-state index is 10.9. The number of aromatic nitrogens is 2. The maximum Gasteiger partial charge on any atom is 0.347 e. The molecule has 2 aromatic rings. The van der Waals surface area contributed by atoms with Gasteiger partial charge in [-0.15, -0.1) is 0 Å². The van der Waals surface area contributed by atoms with Crippen LogP contribution in [0.1, 0.15) is 30.7 Å². The van der Waals surface area contributed by atoms with E-state index in [9.17, 15) is 9.59 Å². The van der Waals surface area contributed by atoms with Crippen molar-refractivity contribution < 1.29 is 19.8 Å². The SMILES string of the molecule is Cc1nc(SSc2nc(C)c(C(=O)O)s2)sc1C(=O)O. The number of nitrogens with zero attached hydrogens (tertiary/aromatic N) is 2. The van der Waals surface area contributed by atoms with E-state index in [-0.39, 0.29) is 9.75 Å². The highest BCUT2D eigenvalue weighted by Crippen LogP contribution is 2.42. The van der Waals surface area contributed by atoms with E-state index in [0.717, 1.165) is 22.7 Å². The van der Waals surface area contributed by atoms with Crippen molar-refractivity contribution in [1.29, 1.82) is 0 Å². The minimum absolute atomic E-state index is 0.217. The molecular formula is C10H8N2O4S4. The molecule has 0 atom stereocenters. The van der Waals surface area contributed by atoms with Gasteiger partial charge in [0.25, 0.3) is 0 Å². The molecule has 106 valence electrons. The molecule has 2 aromatic heterocycles. The molecule has 0 aliphatic heterocycles. The summed E-state index contributed by atoms with van der Waals surface area (Å²) in [7, 11) is 2.55. The Morgan fingerprint density at radius 3 is 1.50 bits per heavy atom. The lowest BCUT2D eigenvalue weighted by Gasteiger charge is -1.90. The van der Waals surface area contributed by atoms with Crippen LogP contribution in [0, 0.1) is 13.8 Å². The molecule has 0 aromatic carbocycles. The van der Waals surface area contributed by atoms with Gasteiger partial charge >= 0.3 is 11.9 Å². The fourth-order valence-corrected chi connectivity index (χ4v) is 5.70. The fourth-order valence-electron chi connectivity index (χ4n) is 1.28. The molecule has 0 bridgehead atoms. The summed E-state index contributed by atoms with van der Waals surface area (Å²) >= 11 is 2.19. The Morgan fingerprint density at radius 1 is 0.900 bits per heavy atom. The van der Waals surface area contributed by atoms with Crippen LogP contribution < -0.4 is 0 Å². The summed E-state index contributed by atoms with van der Waals surface area (Å²) in [5.74, 6) is -1.98. The predicted molar refractivity (Wildman–Crippen MR) is 79.3 cm³/mol. The third kappa shape index (κ3) is 3.32. The fraction of sp³-hybridized carbons (Fsp3) is 0.200. The summed E-state index contributed by atoms with van der Waals surface area (Å²) in [5, 5.41) is 17.9. The number of carboxylic acids is 2. The van der Waals surface area contributed by atoms with Crippen molar-refractivity contribution in [2.45, 2.75) is 22.5 Å². The first-order chi connectivity index (χ1) is 9.38. The molecule has 0 saturated carbocycles. The van der Waals surface area contributed by atoms with Gasteiger partial charge in [0.2, 0.25) is 0 Å². The second-order valence-electron chi connectivity index (χ2n) is 3.57. The first-order valence-electron chi connectivity index (χ1n) is 5.14. The van der Waals surface area contributed by atoms with E-state index in [1.807, 2.05) is 0 Å². The third-order valence-corrected chi connectivity index (χ3v) is 7.39. The number of carbonyl (C=O) groups is 2. The number of hydrogen-bond donors (Lipinski definition) is 2. The Labute approximate surface area is 129 Å². The van der Waals surface area contributed by atoms with Gasteiger partial charge in [0.15, 0.2) is 8.68 Å². The van der Waals surface area contributed by atoms with Crippen LogP contribution in [0.3, 0.4) is 0 Å². The summed E-state index contributed by atoms with van der Waals surface area (Å²) in [6.07, 6.45) is 0. The number of thiazole rings is 2. The van der Waals surface area contributed by atoms with Gasteiger partial charge < -0.3 is 10.2 Å². The van der Waals surface area contributed by atoms with Crippen LogP contribution in [0.4, 0.5) is 0 Å². The topological polar surface area (TPSA) is 100 Å². The van der Waals surface area contributed by atoms with E-state index >= 15 is 0 Å². The van der Waals surface area contributed by atoms with Crippen molar-refractivity contribution in [2.24, 2.45) is 0 Å². The molecule has 0 saturated heterocycles. The second kappa shape index (κ2) is 6.12. The zero-order chi connectivity index (χ0) is 14.9. The molecule has 10 heteroatoms. The Morgan fingerprint density at radius 2 is 1.25 bits per heavy atom. The lowest BCUT2D eigenvalue weighted by atomic mass is 10.4. The molecule has 0 fully saturated rings. The molecule has 0 aliphatic rings. The Hall–Kier alpha value is -1.10. The highest BCUT2D eigenvalue weighted by molar-refractivity contribution is 8.77. The van der Waals surface area contributed by atoms with Crippen LogP contribution in [0.5, 0.6) is 0 Å². The average Bonchev–Trinajstić information content (AvgIpc) is 2.90. The summed E-state index contributed by atoms with van der Waals surface area (Å²) < 4.78 is 1.21. The highest BCUT2D eigenvalue weighted by Gasteiger charge is 2.17. The van der Waals surface area contributed by atoms with E-state index in [0.29, 0.717) is 20.1 Å². The molecule has 2 heterocycles. The van der Waals surface area contributed by atoms with Gasteiger partial charge in [0.05, 0.1) is 11.4 Å². The van der Waals surface area contributed by atoms with Crippen molar-refractivity contribution >= 4 is 56.2 Å². The molecule has 2 N–H and O–H groups in total. The number of aryl methyl sites for hydroxylation is 2. The Bertz CT molecular complexity index is 621. The lowest BCUT2D eigenvalue weighted by molar-refractivity contribution is 0.0690. The van der Waals surface area contributed by atoms with Crippen LogP contribution in [0.25, 0.3) is 0 Å². The first kappa shape index (κ1) is 15.3. The van der Waals surface area contributed by atoms with Crippen LogP contribution >= 0.6 is 44.3 Å². The van der Waals surface area contributed by atoms with Crippen molar-refractivity contribution in [3.05, 3.63) is 21.1 Å². The van der Waals surface area contributed by atoms with Crippen LogP contribution in [0.2, 0.25) is 0 Å². The van der Waals surface area contributed by atoms with Gasteiger partial charge in [0, 0.05) is 0 Å². The van der Waals surface area contributed by atoms with E-state index in [4.69, 9.17) is 10.2 Å². The van der Waals surface area contributed by atoms with Gasteiger partial charge in [0.1, 0.15) is 9.75 Å². The number of carboxylic acid groups (broad SMARTS) is 2. The second-order valence-corrected chi connectivity index (χ2v) is 8.19. The molecular weight excluding hydrogens is 340 g/mol. The highest BCUT2D eigenvalue weighted by atomic mass is 33.1. The Balaban J connectivity index is 2.09. The quantitative estimate of drug-likeness (QED) is 0.793. The molecule has 6 nitrogen and oxygen atoms in total. The summed E-state index contributed by atoms with van der Waals surface area (Å²) in [6.45, 7) is 3.29. The van der Waals surface area contributed by atoms with Crippen LogP contribution in [0.15, 0.2) is 8.68 Å². The minimum Gasteiger partial charge on any atom is -0.477 e. The zero-order valence-corrected chi connectivity index (χ0v) is 13.5. The van der Waals surface area contributed by atoms with Gasteiger partial charge in [-0.25, -0.2) is 19.6 Å². The van der Waals surface area contributed by atoms with E-state index in [1.54, 1.807) is 13.8 Å². The Kier molecular flexibility index (Phi) is 4.68. The summed E-state index contributed by atoms with van der Waals surface area (Å²) in [6, 6.07) is 0. The summed E-state index contributed by atoms with van der Waals surface area (Å²) in [4.78, 5) is 30.6. The van der Waals surface area contributed by atoms with E-state index in [1.165, 1.54) is 21.6 Å². The molecule has 0 radical (unpaired) electrons. The van der Waals surface area contributed by atoms with Crippen LogP contribution in [-0.4, -0.2) is 32.1 Å². The molecule has 20 heavy (non-hydrogen) atoms. The number of rotatable bonds is 5. The smallest absolute Gasteiger partial charge is 0.347 e. The molecule has 0 amide bonds. The lowest BCUT2D eigenvalue weighted by Crippen LogP contribution is -1.94. The van der Waals surface area contributed by atoms with Gasteiger partial charge in [-0.3, -0.25) is 0 Å². The van der Waals surface area contributed by atoms with Crippen molar-refractivity contribution in [3.63, 3.8) is 0 Å². The zero-order valence-electron chi connectivity index (χ0n) is 10.2. The monoisotopic (exact) mass is 348 g/mol. The standard InChI is InChI=1S/C10H8N2O4S4/c1-3-5(7(13)14)17-9(11-3)19-20-10-12-4(2)6(18-10)8(15)16/h1-2H3,(H,13,14)(H,15,16). The minimum atomic E-state index is -0.991. The van der Waals surface area contributed by atoms with Gasteiger partial charge in [-0.2, -0.15) is 0 Å². The van der Waals surface area contributed by atoms with Gasteiger partial charge in [-0.05, 0) is 35.4 Å². The van der Waals surface area contributed by atoms with Crippen molar-refractivity contribution in [3.8, 4) is 0 Å². The maximum absolute atomic E-state index is 10.9.